The van der Waals surface area contributed by atoms with Crippen LogP contribution in [0.25, 0.3) is 0 Å². The first-order chi connectivity index (χ1) is 9.60. The van der Waals surface area contributed by atoms with Crippen molar-refractivity contribution in [2.24, 2.45) is 11.1 Å². The number of hydrogen-bond acceptors (Lipinski definition) is 4. The molecule has 5 nitrogen and oxygen atoms in total. The van der Waals surface area contributed by atoms with Gasteiger partial charge in [-0.25, -0.2) is 8.42 Å². The predicted octanol–water partition coefficient (Wildman–Crippen LogP) is 1.94. The molecule has 7 heteroatoms. The molecule has 0 spiro atoms. The molecule has 0 amide bonds. The molecule has 0 aliphatic rings. The summed E-state index contributed by atoms with van der Waals surface area (Å²) in [7, 11) is -3.38. The fraction of sp³-hybridized carbons (Fsp3) is 0.571. The van der Waals surface area contributed by atoms with Gasteiger partial charge >= 0.3 is 0 Å². The third kappa shape index (κ3) is 6.97. The van der Waals surface area contributed by atoms with Crippen molar-refractivity contribution in [3.8, 4) is 0 Å². The molecular weight excluding hydrogens is 306 g/mol. The van der Waals surface area contributed by atoms with Gasteiger partial charge in [0.2, 0.25) is 10.0 Å². The van der Waals surface area contributed by atoms with Crippen LogP contribution in [-0.4, -0.2) is 35.0 Å². The second kappa shape index (κ2) is 7.29. The molecule has 21 heavy (non-hydrogen) atoms. The molecule has 0 atom stereocenters. The first-order valence-corrected chi connectivity index (χ1v) is 8.77. The fourth-order valence-electron chi connectivity index (χ4n) is 1.89. The van der Waals surface area contributed by atoms with E-state index in [1.54, 1.807) is 18.5 Å². The highest BCUT2D eigenvalue weighted by Crippen LogP contribution is 2.20. The molecule has 1 aromatic heterocycles. The predicted molar refractivity (Wildman–Crippen MR) is 89.3 cm³/mol. The van der Waals surface area contributed by atoms with Crippen molar-refractivity contribution in [2.45, 2.75) is 33.7 Å². The number of hydrogen-bond donors (Lipinski definition) is 1. The molecule has 0 fully saturated rings. The number of nitrogens with zero attached hydrogens (tertiary/aromatic N) is 2. The summed E-state index contributed by atoms with van der Waals surface area (Å²) in [6.45, 7) is 6.29. The van der Waals surface area contributed by atoms with E-state index in [1.165, 1.54) is 4.31 Å². The second-order valence-electron chi connectivity index (χ2n) is 6.23. The minimum Gasteiger partial charge on any atom is -0.393 e. The first kappa shape index (κ1) is 18.0. The Hall–Kier alpha value is -1.05. The van der Waals surface area contributed by atoms with Crippen LogP contribution in [-0.2, 0) is 16.6 Å². The van der Waals surface area contributed by atoms with Gasteiger partial charge in [0.1, 0.15) is 0 Å². The minimum absolute atomic E-state index is 0.0809. The summed E-state index contributed by atoms with van der Waals surface area (Å²) in [5.41, 5.74) is 6.04. The van der Waals surface area contributed by atoms with Crippen LogP contribution in [0.2, 0.25) is 0 Å². The Labute approximate surface area is 132 Å². The van der Waals surface area contributed by atoms with E-state index < -0.39 is 10.0 Å². The third-order valence-electron chi connectivity index (χ3n) is 2.70. The molecule has 0 saturated heterocycles. The number of rotatable bonds is 7. The summed E-state index contributed by atoms with van der Waals surface area (Å²) in [5.74, 6) is 0.0809. The van der Waals surface area contributed by atoms with Crippen LogP contribution >= 0.6 is 12.2 Å². The van der Waals surface area contributed by atoms with Crippen molar-refractivity contribution in [2.75, 3.05) is 12.3 Å². The molecular formula is C14H23N3O2S2. The first-order valence-electron chi connectivity index (χ1n) is 6.75. The standard InChI is InChI=1S/C14H23N3O2S2/c1-14(2,3)11-21(18,19)17(8-6-13(15)20)10-12-5-4-7-16-9-12/h4-5,7,9H,6,8,10-11H2,1-3H3,(H2,15,20). The molecule has 1 aromatic rings. The number of aromatic nitrogens is 1. The van der Waals surface area contributed by atoms with E-state index in [2.05, 4.69) is 4.98 Å². The average molecular weight is 329 g/mol. The number of sulfonamides is 1. The molecule has 0 aliphatic carbocycles. The van der Waals surface area contributed by atoms with Crippen LogP contribution in [0, 0.1) is 5.41 Å². The van der Waals surface area contributed by atoms with Gasteiger partial charge in [-0.1, -0.05) is 39.1 Å². The zero-order chi connectivity index (χ0) is 16.1. The summed E-state index contributed by atoms with van der Waals surface area (Å²) in [6, 6.07) is 3.64. The third-order valence-corrected chi connectivity index (χ3v) is 5.23. The van der Waals surface area contributed by atoms with Gasteiger partial charge in [-0.3, -0.25) is 4.98 Å². The lowest BCUT2D eigenvalue weighted by Crippen LogP contribution is -2.38. The zero-order valence-corrected chi connectivity index (χ0v) is 14.4. The zero-order valence-electron chi connectivity index (χ0n) is 12.7. The highest BCUT2D eigenvalue weighted by atomic mass is 32.2. The summed E-state index contributed by atoms with van der Waals surface area (Å²) >= 11 is 4.86. The lowest BCUT2D eigenvalue weighted by atomic mass is 10.0. The van der Waals surface area contributed by atoms with Gasteiger partial charge < -0.3 is 5.73 Å². The SMILES string of the molecule is CC(C)(C)CS(=O)(=O)N(CCC(N)=S)Cc1cccnc1. The van der Waals surface area contributed by atoms with E-state index in [9.17, 15) is 8.42 Å². The minimum atomic E-state index is -3.38. The van der Waals surface area contributed by atoms with Gasteiger partial charge in [0.25, 0.3) is 0 Å². The molecule has 0 aromatic carbocycles. The summed E-state index contributed by atoms with van der Waals surface area (Å²) in [6.07, 6.45) is 3.70. The van der Waals surface area contributed by atoms with Crippen molar-refractivity contribution >= 4 is 27.2 Å². The molecule has 0 aliphatic heterocycles. The van der Waals surface area contributed by atoms with E-state index in [-0.39, 0.29) is 17.7 Å². The van der Waals surface area contributed by atoms with Crippen molar-refractivity contribution < 1.29 is 8.42 Å². The van der Waals surface area contributed by atoms with Gasteiger partial charge in [0, 0.05) is 31.9 Å². The number of thiocarbonyl (C=S) groups is 1. The smallest absolute Gasteiger partial charge is 0.214 e. The molecule has 0 unspecified atom stereocenters. The molecule has 0 bridgehead atoms. The molecule has 2 N–H and O–H groups in total. The van der Waals surface area contributed by atoms with E-state index in [0.717, 1.165) is 5.56 Å². The molecule has 118 valence electrons. The summed E-state index contributed by atoms with van der Waals surface area (Å²) in [5, 5.41) is 0. The molecule has 1 rings (SSSR count). The lowest BCUT2D eigenvalue weighted by Gasteiger charge is -2.26. The highest BCUT2D eigenvalue weighted by Gasteiger charge is 2.28. The summed E-state index contributed by atoms with van der Waals surface area (Å²) < 4.78 is 26.6. The number of pyridine rings is 1. The van der Waals surface area contributed by atoms with E-state index in [1.807, 2.05) is 26.8 Å². The van der Waals surface area contributed by atoms with E-state index in [4.69, 9.17) is 18.0 Å². The average Bonchev–Trinajstić information content (AvgIpc) is 2.32. The van der Waals surface area contributed by atoms with Crippen LogP contribution in [0.5, 0.6) is 0 Å². The topological polar surface area (TPSA) is 76.3 Å². The van der Waals surface area contributed by atoms with E-state index in [0.29, 0.717) is 18.0 Å². The van der Waals surface area contributed by atoms with Crippen molar-refractivity contribution in [3.63, 3.8) is 0 Å². The van der Waals surface area contributed by atoms with Crippen LogP contribution in [0.1, 0.15) is 32.8 Å². The molecule has 0 radical (unpaired) electrons. The fourth-order valence-corrected chi connectivity index (χ4v) is 3.97. The van der Waals surface area contributed by atoms with Crippen molar-refractivity contribution in [1.29, 1.82) is 0 Å². The van der Waals surface area contributed by atoms with Gasteiger partial charge in [0.05, 0.1) is 10.7 Å². The van der Waals surface area contributed by atoms with Gasteiger partial charge in [-0.05, 0) is 17.0 Å². The van der Waals surface area contributed by atoms with Crippen LogP contribution in [0.3, 0.4) is 0 Å². The molecule has 0 saturated carbocycles. The Kier molecular flexibility index (Phi) is 6.24. The molecule has 1 heterocycles. The quantitative estimate of drug-likeness (QED) is 0.774. The Bertz CT molecular complexity index is 566. The van der Waals surface area contributed by atoms with Gasteiger partial charge in [-0.2, -0.15) is 4.31 Å². The maximum Gasteiger partial charge on any atom is 0.214 e. The van der Waals surface area contributed by atoms with Gasteiger partial charge in [0.15, 0.2) is 0 Å². The lowest BCUT2D eigenvalue weighted by molar-refractivity contribution is 0.390. The largest absolute Gasteiger partial charge is 0.393 e. The summed E-state index contributed by atoms with van der Waals surface area (Å²) in [4.78, 5) is 4.33. The second-order valence-corrected chi connectivity index (χ2v) is 8.72. The Morgan fingerprint density at radius 2 is 2.10 bits per heavy atom. The van der Waals surface area contributed by atoms with Gasteiger partial charge in [-0.15, -0.1) is 0 Å². The Balaban J connectivity index is 2.93. The maximum atomic E-state index is 12.6. The van der Waals surface area contributed by atoms with E-state index >= 15 is 0 Å². The monoisotopic (exact) mass is 329 g/mol. The highest BCUT2D eigenvalue weighted by molar-refractivity contribution is 7.89. The van der Waals surface area contributed by atoms with Crippen LogP contribution in [0.15, 0.2) is 24.5 Å². The maximum absolute atomic E-state index is 12.6. The van der Waals surface area contributed by atoms with Crippen molar-refractivity contribution in [3.05, 3.63) is 30.1 Å². The van der Waals surface area contributed by atoms with Crippen molar-refractivity contribution in [1.82, 2.24) is 9.29 Å². The Morgan fingerprint density at radius 1 is 1.43 bits per heavy atom. The number of nitrogens with two attached hydrogens (primary N) is 1. The van der Waals surface area contributed by atoms with Crippen LogP contribution in [0.4, 0.5) is 0 Å². The normalized spacial score (nSPS) is 12.6. The van der Waals surface area contributed by atoms with Crippen LogP contribution < -0.4 is 5.73 Å². The Morgan fingerprint density at radius 3 is 2.57 bits per heavy atom.